The Morgan fingerprint density at radius 1 is 1.03 bits per heavy atom. The zero-order chi connectivity index (χ0) is 26.2. The molecule has 9 heteroatoms. The molecule has 0 N–H and O–H groups in total. The summed E-state index contributed by atoms with van der Waals surface area (Å²) in [5.74, 6) is 0.180. The van der Waals surface area contributed by atoms with Gasteiger partial charge in [0.05, 0.1) is 12.7 Å². The number of halogens is 2. The molecular weight excluding hydrogens is 519 g/mol. The van der Waals surface area contributed by atoms with Gasteiger partial charge < -0.3 is 9.57 Å². The number of ether oxygens (including phenoxy) is 1. The molecule has 1 fully saturated rings. The number of carbonyl (C=O) groups excluding carboxylic acids is 2. The second kappa shape index (κ2) is 10.8. The van der Waals surface area contributed by atoms with Crippen molar-refractivity contribution in [2.24, 2.45) is 0 Å². The molecule has 2 aromatic rings. The maximum atomic E-state index is 14.4. The van der Waals surface area contributed by atoms with Crippen LogP contribution in [0.15, 0.2) is 42.2 Å². The van der Waals surface area contributed by atoms with Crippen molar-refractivity contribution in [1.82, 2.24) is 5.06 Å². The number of anilines is 1. The van der Waals surface area contributed by atoms with Crippen LogP contribution in [0.5, 0.6) is 0 Å². The lowest BCUT2D eigenvalue weighted by atomic mass is 9.84. The van der Waals surface area contributed by atoms with Crippen LogP contribution in [0.3, 0.4) is 0 Å². The lowest BCUT2D eigenvalue weighted by Crippen LogP contribution is -2.55. The monoisotopic (exact) mass is 548 g/mol. The van der Waals surface area contributed by atoms with Gasteiger partial charge in [0.2, 0.25) is 0 Å². The smallest absolute Gasteiger partial charge is 0.372 e. The van der Waals surface area contributed by atoms with E-state index in [1.54, 1.807) is 24.1 Å². The fraction of sp³-hybridized carbons (Fsp3) is 0.407. The van der Waals surface area contributed by atoms with Gasteiger partial charge in [0.15, 0.2) is 0 Å². The lowest BCUT2D eigenvalue weighted by Gasteiger charge is -2.44. The fourth-order valence-electron chi connectivity index (χ4n) is 5.15. The number of aryl methyl sites for hydroxylation is 2. The molecule has 36 heavy (non-hydrogen) atoms. The van der Waals surface area contributed by atoms with Crippen molar-refractivity contribution in [3.63, 3.8) is 0 Å². The highest BCUT2D eigenvalue weighted by Gasteiger charge is 2.56. The van der Waals surface area contributed by atoms with Crippen LogP contribution in [-0.2, 0) is 14.4 Å². The Balaban J connectivity index is 1.96. The molecule has 6 nitrogen and oxygen atoms in total. The lowest BCUT2D eigenvalue weighted by molar-refractivity contribution is -0.150. The largest absolute Gasteiger partial charge is 0.419 e. The number of thioether (sulfide) groups is 1. The molecule has 2 heterocycles. The van der Waals surface area contributed by atoms with Crippen LogP contribution < -0.4 is 4.90 Å². The Morgan fingerprint density at radius 3 is 2.14 bits per heavy atom. The predicted octanol–water partition coefficient (Wildman–Crippen LogP) is 7.04. The second-order valence-electron chi connectivity index (χ2n) is 9.40. The molecule has 0 bridgehead atoms. The second-order valence-corrected chi connectivity index (χ2v) is 11.8. The third-order valence-corrected chi connectivity index (χ3v) is 7.87. The average molecular weight is 550 g/mol. The molecule has 1 spiro atoms. The van der Waals surface area contributed by atoms with Crippen molar-refractivity contribution in [3.05, 3.63) is 68.9 Å². The molecule has 0 saturated carbocycles. The van der Waals surface area contributed by atoms with Crippen molar-refractivity contribution < 1.29 is 19.2 Å². The Hall–Kier alpha value is -2.03. The molecule has 2 aliphatic heterocycles. The Morgan fingerprint density at radius 2 is 1.61 bits per heavy atom. The van der Waals surface area contributed by atoms with Crippen molar-refractivity contribution >= 4 is 57.4 Å². The zero-order valence-corrected chi connectivity index (χ0v) is 23.4. The highest BCUT2D eigenvalue weighted by atomic mass is 35.5. The molecule has 1 saturated heterocycles. The van der Waals surface area contributed by atoms with Gasteiger partial charge in [-0.15, -0.1) is 0 Å². The molecular formula is C27H30Cl2N2O4S. The molecule has 192 valence electrons. The van der Waals surface area contributed by atoms with Gasteiger partial charge in [-0.3, -0.25) is 9.69 Å². The summed E-state index contributed by atoms with van der Waals surface area (Å²) in [5.41, 5.74) is 2.67. The van der Waals surface area contributed by atoms with Crippen LogP contribution in [0.2, 0.25) is 10.0 Å². The minimum atomic E-state index is -0.860. The van der Waals surface area contributed by atoms with Crippen molar-refractivity contribution in [2.75, 3.05) is 25.1 Å². The topological polar surface area (TPSA) is 59.1 Å². The van der Waals surface area contributed by atoms with Crippen LogP contribution in [0.25, 0.3) is 5.57 Å². The van der Waals surface area contributed by atoms with Crippen molar-refractivity contribution in [3.8, 4) is 0 Å². The predicted molar refractivity (Wildman–Crippen MR) is 147 cm³/mol. The van der Waals surface area contributed by atoms with Crippen molar-refractivity contribution in [1.29, 1.82) is 0 Å². The maximum Gasteiger partial charge on any atom is 0.372 e. The normalized spacial score (nSPS) is 18.0. The van der Waals surface area contributed by atoms with Gasteiger partial charge in [0.1, 0.15) is 11.3 Å². The van der Waals surface area contributed by atoms with E-state index in [0.717, 1.165) is 28.5 Å². The zero-order valence-electron chi connectivity index (χ0n) is 21.1. The highest BCUT2D eigenvalue weighted by molar-refractivity contribution is 8.13. The third-order valence-electron chi connectivity index (χ3n) is 6.65. The van der Waals surface area contributed by atoms with E-state index in [-0.39, 0.29) is 11.2 Å². The number of amides is 1. The van der Waals surface area contributed by atoms with Crippen LogP contribution in [-0.4, -0.2) is 47.3 Å². The van der Waals surface area contributed by atoms with Gasteiger partial charge in [-0.25, -0.2) is 4.79 Å². The number of carbonyl (C=O) groups is 2. The molecule has 2 aromatic carbocycles. The van der Waals surface area contributed by atoms with Gasteiger partial charge in [0.25, 0.3) is 5.91 Å². The standard InChI is InChI=1S/C27H30Cl2N2O4S/c1-16(2)36-26(33)35-24-23(22-17(3)14-20(29)15-18(22)4)25(32)31(21-8-6-19(28)7-9-21)27(24)10-12-30(34-5)13-11-27/h6-9,14-16H,10-13H2,1-5H3. The van der Waals surface area contributed by atoms with Gasteiger partial charge >= 0.3 is 5.30 Å². The van der Waals surface area contributed by atoms with E-state index in [1.807, 2.05) is 57.0 Å². The number of nitrogens with zero attached hydrogens (tertiary/aromatic N) is 2. The van der Waals surface area contributed by atoms with Gasteiger partial charge in [-0.05, 0) is 91.5 Å². The van der Waals surface area contributed by atoms with Crippen LogP contribution in [0.4, 0.5) is 10.5 Å². The number of hydroxylamine groups is 2. The maximum absolute atomic E-state index is 14.4. The van der Waals surface area contributed by atoms with E-state index in [9.17, 15) is 9.59 Å². The van der Waals surface area contributed by atoms with Crippen LogP contribution >= 0.6 is 35.0 Å². The highest BCUT2D eigenvalue weighted by Crippen LogP contribution is 2.50. The first-order valence-electron chi connectivity index (χ1n) is 11.9. The van der Waals surface area contributed by atoms with E-state index < -0.39 is 10.8 Å². The van der Waals surface area contributed by atoms with Crippen LogP contribution in [0.1, 0.15) is 43.4 Å². The first-order valence-corrected chi connectivity index (χ1v) is 13.5. The molecule has 2 aliphatic rings. The van der Waals surface area contributed by atoms with E-state index in [2.05, 4.69) is 0 Å². The summed E-state index contributed by atoms with van der Waals surface area (Å²) in [4.78, 5) is 34.7. The molecule has 4 rings (SSSR count). The molecule has 0 aliphatic carbocycles. The van der Waals surface area contributed by atoms with E-state index in [1.165, 1.54) is 0 Å². The molecule has 0 unspecified atom stereocenters. The summed E-state index contributed by atoms with van der Waals surface area (Å²) in [6.07, 6.45) is 1.05. The van der Waals surface area contributed by atoms with E-state index in [0.29, 0.717) is 53.0 Å². The third kappa shape index (κ3) is 5.04. The minimum Gasteiger partial charge on any atom is -0.419 e. The molecule has 1 amide bonds. The van der Waals surface area contributed by atoms with E-state index >= 15 is 0 Å². The van der Waals surface area contributed by atoms with Gasteiger partial charge in [-0.2, -0.15) is 5.06 Å². The number of piperidine rings is 1. The summed E-state index contributed by atoms with van der Waals surface area (Å²) in [5, 5.41) is 2.63. The number of benzene rings is 2. The Labute approximate surface area is 226 Å². The first-order chi connectivity index (χ1) is 17.1. The quantitative estimate of drug-likeness (QED) is 0.373. The van der Waals surface area contributed by atoms with E-state index in [4.69, 9.17) is 32.8 Å². The summed E-state index contributed by atoms with van der Waals surface area (Å²) in [7, 11) is 1.64. The van der Waals surface area contributed by atoms with Gasteiger partial charge in [0, 0.05) is 34.1 Å². The summed E-state index contributed by atoms with van der Waals surface area (Å²) < 4.78 is 6.16. The van der Waals surface area contributed by atoms with Gasteiger partial charge in [-0.1, -0.05) is 37.0 Å². The van der Waals surface area contributed by atoms with Crippen molar-refractivity contribution in [2.45, 2.75) is 51.3 Å². The summed E-state index contributed by atoms with van der Waals surface area (Å²) in [6, 6.07) is 10.8. The summed E-state index contributed by atoms with van der Waals surface area (Å²) >= 11 is 13.6. The number of hydrogen-bond donors (Lipinski definition) is 0. The minimum absolute atomic E-state index is 0.0383. The van der Waals surface area contributed by atoms with Crippen LogP contribution in [0, 0.1) is 13.8 Å². The number of hydrogen-bond acceptors (Lipinski definition) is 6. The number of rotatable bonds is 5. The molecule has 0 radical (unpaired) electrons. The SMILES string of the molecule is CON1CCC2(CC1)C(OC(=O)SC(C)C)=C(c1c(C)cc(Cl)cc1C)C(=O)N2c1ccc(Cl)cc1. The Kier molecular flexibility index (Phi) is 8.07. The average Bonchev–Trinajstić information content (AvgIpc) is 3.01. The molecule has 0 aromatic heterocycles. The fourth-order valence-corrected chi connectivity index (χ4v) is 6.12. The summed E-state index contributed by atoms with van der Waals surface area (Å²) in [6.45, 7) is 8.84. The Bertz CT molecular complexity index is 1180. The molecule has 0 atom stereocenters. The first kappa shape index (κ1) is 27.0.